The molecule has 1 aromatic heterocycles. The molecule has 0 aliphatic rings. The Bertz CT molecular complexity index is 1100. The Labute approximate surface area is 166 Å². The van der Waals surface area contributed by atoms with E-state index in [-0.39, 0.29) is 24.1 Å². The van der Waals surface area contributed by atoms with E-state index in [9.17, 15) is 28.5 Å². The average Bonchev–Trinajstić information content (AvgIpc) is 3.19. The number of aromatic nitrogens is 2. The van der Waals surface area contributed by atoms with Gasteiger partial charge in [-0.2, -0.15) is 0 Å². The highest BCUT2D eigenvalue weighted by Crippen LogP contribution is 2.21. The highest BCUT2D eigenvalue weighted by Gasteiger charge is 2.16. The summed E-state index contributed by atoms with van der Waals surface area (Å²) in [5, 5.41) is 20.2. The maximum Gasteiger partial charge on any atom is 0.325 e. The van der Waals surface area contributed by atoms with Crippen LogP contribution < -0.4 is 5.32 Å². The van der Waals surface area contributed by atoms with Crippen LogP contribution in [0.5, 0.6) is 0 Å². The number of esters is 1. The lowest BCUT2D eigenvalue weighted by Crippen LogP contribution is -2.31. The second kappa shape index (κ2) is 8.86. The van der Waals surface area contributed by atoms with Crippen LogP contribution in [0.1, 0.15) is 16.2 Å². The van der Waals surface area contributed by atoms with Crippen LogP contribution >= 0.6 is 0 Å². The van der Waals surface area contributed by atoms with Crippen LogP contribution in [-0.2, 0) is 16.1 Å². The molecule has 1 amide bonds. The second-order valence-corrected chi connectivity index (χ2v) is 5.77. The number of nitrogens with one attached hydrogen (secondary N) is 1. The Kier molecular flexibility index (Phi) is 6.05. The number of benzene rings is 2. The van der Waals surface area contributed by atoms with E-state index in [4.69, 9.17) is 9.15 Å². The van der Waals surface area contributed by atoms with E-state index in [1.54, 1.807) is 0 Å². The zero-order chi connectivity index (χ0) is 21.7. The van der Waals surface area contributed by atoms with Gasteiger partial charge in [-0.3, -0.25) is 19.7 Å². The van der Waals surface area contributed by atoms with Gasteiger partial charge in [-0.15, -0.1) is 10.2 Å². The van der Waals surface area contributed by atoms with Crippen LogP contribution in [0.3, 0.4) is 0 Å². The zero-order valence-electron chi connectivity index (χ0n) is 15.0. The van der Waals surface area contributed by atoms with Crippen LogP contribution in [0, 0.1) is 21.7 Å². The summed E-state index contributed by atoms with van der Waals surface area (Å²) >= 11 is 0. The lowest BCUT2D eigenvalue weighted by atomic mass is 10.2. The van der Waals surface area contributed by atoms with Gasteiger partial charge in [-0.25, -0.2) is 8.78 Å². The number of amides is 1. The number of halogens is 2. The van der Waals surface area contributed by atoms with Crippen molar-refractivity contribution in [3.8, 4) is 11.5 Å². The normalized spacial score (nSPS) is 10.5. The SMILES string of the molecule is O=C(CNC(=O)c1ccc(F)cc1F)OCc1nnc(-c2ccc([N+](=O)[O-])cc2)o1. The Morgan fingerprint density at radius 1 is 1.13 bits per heavy atom. The van der Waals surface area contributed by atoms with Gasteiger partial charge in [0.2, 0.25) is 5.89 Å². The highest BCUT2D eigenvalue weighted by molar-refractivity contribution is 5.96. The van der Waals surface area contributed by atoms with Gasteiger partial charge >= 0.3 is 5.97 Å². The van der Waals surface area contributed by atoms with E-state index in [1.807, 2.05) is 0 Å². The molecule has 1 heterocycles. The largest absolute Gasteiger partial charge is 0.454 e. The molecule has 0 fully saturated rings. The Hall–Kier alpha value is -4.22. The average molecular weight is 418 g/mol. The van der Waals surface area contributed by atoms with Crippen molar-refractivity contribution < 1.29 is 32.4 Å². The molecule has 0 saturated carbocycles. The molecule has 0 atom stereocenters. The van der Waals surface area contributed by atoms with E-state index in [0.717, 1.165) is 12.1 Å². The molecule has 0 spiro atoms. The number of non-ortho nitro benzene ring substituents is 1. The maximum absolute atomic E-state index is 13.5. The van der Waals surface area contributed by atoms with Crippen LogP contribution in [0.25, 0.3) is 11.5 Å². The van der Waals surface area contributed by atoms with Crippen LogP contribution in [0.4, 0.5) is 14.5 Å². The summed E-state index contributed by atoms with van der Waals surface area (Å²) in [6, 6.07) is 7.79. The number of nitrogens with zero attached hydrogens (tertiary/aromatic N) is 3. The fourth-order valence-corrected chi connectivity index (χ4v) is 2.27. The molecule has 3 rings (SSSR count). The minimum atomic E-state index is -1.06. The van der Waals surface area contributed by atoms with Crippen molar-refractivity contribution in [1.29, 1.82) is 0 Å². The van der Waals surface area contributed by atoms with Crippen LogP contribution in [0.15, 0.2) is 46.9 Å². The van der Waals surface area contributed by atoms with E-state index < -0.39 is 40.5 Å². The van der Waals surface area contributed by atoms with Gasteiger partial charge in [-0.05, 0) is 24.3 Å². The Morgan fingerprint density at radius 2 is 1.87 bits per heavy atom. The smallest absolute Gasteiger partial charge is 0.325 e. The fraction of sp³-hybridized carbons (Fsp3) is 0.111. The summed E-state index contributed by atoms with van der Waals surface area (Å²) in [6.07, 6.45) is 0. The van der Waals surface area contributed by atoms with E-state index in [0.29, 0.717) is 11.6 Å². The van der Waals surface area contributed by atoms with Crippen LogP contribution in [0.2, 0.25) is 0 Å². The number of carbonyl (C=O) groups is 2. The van der Waals surface area contributed by atoms with Crippen molar-refractivity contribution in [2.45, 2.75) is 6.61 Å². The Balaban J connectivity index is 1.50. The quantitative estimate of drug-likeness (QED) is 0.351. The summed E-state index contributed by atoms with van der Waals surface area (Å²) in [6.45, 7) is -0.960. The van der Waals surface area contributed by atoms with Crippen molar-refractivity contribution in [3.05, 3.63) is 75.7 Å². The first-order chi connectivity index (χ1) is 14.3. The van der Waals surface area contributed by atoms with Gasteiger partial charge in [0.25, 0.3) is 17.5 Å². The maximum atomic E-state index is 13.5. The summed E-state index contributed by atoms with van der Waals surface area (Å²) in [5.74, 6) is -3.66. The standard InChI is InChI=1S/C18H12F2N4O6/c19-11-3-6-13(14(20)7-11)17(26)21-8-16(25)29-9-15-22-23-18(30-15)10-1-4-12(5-2-10)24(27)28/h1-7H,8-9H2,(H,21,26). The molecule has 10 nitrogen and oxygen atoms in total. The topological polar surface area (TPSA) is 137 Å². The van der Waals surface area contributed by atoms with Crippen molar-refractivity contribution >= 4 is 17.6 Å². The minimum absolute atomic E-state index is 0.0485. The van der Waals surface area contributed by atoms with Crippen LogP contribution in [-0.4, -0.2) is 33.5 Å². The predicted molar refractivity (Wildman–Crippen MR) is 94.9 cm³/mol. The molecule has 0 bridgehead atoms. The van der Waals surface area contributed by atoms with Crippen molar-refractivity contribution in [2.75, 3.05) is 6.54 Å². The molecule has 12 heteroatoms. The van der Waals surface area contributed by atoms with Gasteiger partial charge in [0.15, 0.2) is 6.61 Å². The molecule has 0 radical (unpaired) electrons. The molecule has 3 aromatic rings. The van der Waals surface area contributed by atoms with Gasteiger partial charge < -0.3 is 14.5 Å². The van der Waals surface area contributed by atoms with Gasteiger partial charge in [0.05, 0.1) is 10.5 Å². The molecular formula is C18H12F2N4O6. The lowest BCUT2D eigenvalue weighted by molar-refractivity contribution is -0.384. The number of carbonyl (C=O) groups excluding carboxylic acids is 2. The van der Waals surface area contributed by atoms with Gasteiger partial charge in [-0.1, -0.05) is 0 Å². The third-order valence-electron chi connectivity index (χ3n) is 3.72. The number of nitro benzene ring substituents is 1. The monoisotopic (exact) mass is 418 g/mol. The van der Waals surface area contributed by atoms with Crippen molar-refractivity contribution in [3.63, 3.8) is 0 Å². The highest BCUT2D eigenvalue weighted by atomic mass is 19.1. The van der Waals surface area contributed by atoms with Crippen molar-refractivity contribution in [2.24, 2.45) is 0 Å². The molecule has 30 heavy (non-hydrogen) atoms. The molecule has 0 aliphatic carbocycles. The number of hydrogen-bond acceptors (Lipinski definition) is 8. The molecule has 2 aromatic carbocycles. The molecule has 0 aliphatic heterocycles. The number of nitro groups is 1. The predicted octanol–water partition coefficient (Wildman–Crippen LogP) is 2.40. The molecule has 0 saturated heterocycles. The lowest BCUT2D eigenvalue weighted by Gasteiger charge is -2.06. The van der Waals surface area contributed by atoms with Gasteiger partial charge in [0.1, 0.15) is 18.2 Å². The Morgan fingerprint density at radius 3 is 2.53 bits per heavy atom. The first kappa shape index (κ1) is 20.5. The minimum Gasteiger partial charge on any atom is -0.454 e. The van der Waals surface area contributed by atoms with E-state index in [1.165, 1.54) is 24.3 Å². The first-order valence-corrected chi connectivity index (χ1v) is 8.29. The summed E-state index contributed by atoms with van der Waals surface area (Å²) < 4.78 is 36.5. The fourth-order valence-electron chi connectivity index (χ4n) is 2.27. The summed E-state index contributed by atoms with van der Waals surface area (Å²) in [4.78, 5) is 33.6. The number of ether oxygens (including phenoxy) is 1. The third-order valence-corrected chi connectivity index (χ3v) is 3.72. The summed E-state index contributed by atoms with van der Waals surface area (Å²) in [5.41, 5.74) is -0.0944. The van der Waals surface area contributed by atoms with E-state index >= 15 is 0 Å². The van der Waals surface area contributed by atoms with Gasteiger partial charge in [0, 0.05) is 23.8 Å². The zero-order valence-corrected chi connectivity index (χ0v) is 15.0. The molecule has 1 N–H and O–H groups in total. The molecule has 0 unspecified atom stereocenters. The second-order valence-electron chi connectivity index (χ2n) is 5.77. The van der Waals surface area contributed by atoms with Crippen molar-refractivity contribution in [1.82, 2.24) is 15.5 Å². The number of rotatable bonds is 7. The first-order valence-electron chi connectivity index (χ1n) is 8.29. The third kappa shape index (κ3) is 4.98. The number of hydrogen-bond donors (Lipinski definition) is 1. The summed E-state index contributed by atoms with van der Waals surface area (Å²) in [7, 11) is 0. The molecular weight excluding hydrogens is 406 g/mol. The van der Waals surface area contributed by atoms with E-state index in [2.05, 4.69) is 15.5 Å². The molecule has 154 valence electrons.